The fraction of sp³-hybridized carbons (Fsp3) is 0.917. The van der Waals surface area contributed by atoms with E-state index >= 15 is 0 Å². The molecule has 0 aromatic carbocycles. The van der Waals surface area contributed by atoms with Gasteiger partial charge in [-0.25, -0.2) is 0 Å². The number of carbonyl (C=O) groups excluding carboxylic acids is 1. The highest BCUT2D eigenvalue weighted by molar-refractivity contribution is 5.76. The van der Waals surface area contributed by atoms with Gasteiger partial charge in [0.25, 0.3) is 0 Å². The minimum absolute atomic E-state index is 0.189. The molecule has 94 valence electrons. The zero-order chi connectivity index (χ0) is 11.6. The summed E-state index contributed by atoms with van der Waals surface area (Å²) in [5.74, 6) is 0.189. The predicted octanol–water partition coefficient (Wildman–Crippen LogP) is 1.06. The number of amides is 1. The predicted molar refractivity (Wildman–Crippen MR) is 64.4 cm³/mol. The largest absolute Gasteiger partial charge is 0.385 e. The van der Waals surface area contributed by atoms with Gasteiger partial charge in [-0.3, -0.25) is 4.79 Å². The third-order valence-corrected chi connectivity index (χ3v) is 2.67. The second-order valence-corrected chi connectivity index (χ2v) is 4.40. The number of unbranched alkanes of at least 4 members (excludes halogenated alkanes) is 2. The Kier molecular flexibility index (Phi) is 7.17. The minimum atomic E-state index is 0.189. The number of hydrogen-bond donors (Lipinski definition) is 2. The molecule has 0 saturated heterocycles. The lowest BCUT2D eigenvalue weighted by atomic mass is 10.2. The number of nitrogens with one attached hydrogen (secondary N) is 2. The Morgan fingerprint density at radius 1 is 1.25 bits per heavy atom. The molecule has 1 saturated carbocycles. The third-order valence-electron chi connectivity index (χ3n) is 2.67. The highest BCUT2D eigenvalue weighted by atomic mass is 16.5. The Labute approximate surface area is 98.1 Å². The zero-order valence-corrected chi connectivity index (χ0v) is 10.3. The van der Waals surface area contributed by atoms with Crippen LogP contribution < -0.4 is 10.6 Å². The van der Waals surface area contributed by atoms with E-state index in [1.54, 1.807) is 7.11 Å². The van der Waals surface area contributed by atoms with Crippen molar-refractivity contribution < 1.29 is 9.53 Å². The molecule has 1 fully saturated rings. The van der Waals surface area contributed by atoms with E-state index in [1.165, 1.54) is 19.3 Å². The Balaban J connectivity index is 1.75. The van der Waals surface area contributed by atoms with Crippen LogP contribution in [0.2, 0.25) is 0 Å². The van der Waals surface area contributed by atoms with E-state index < -0.39 is 0 Å². The van der Waals surface area contributed by atoms with Crippen LogP contribution in [0.5, 0.6) is 0 Å². The molecule has 0 aliphatic heterocycles. The lowest BCUT2D eigenvalue weighted by molar-refractivity contribution is -0.121. The summed E-state index contributed by atoms with van der Waals surface area (Å²) in [5.41, 5.74) is 0. The molecule has 2 N–H and O–H groups in total. The molecule has 16 heavy (non-hydrogen) atoms. The van der Waals surface area contributed by atoms with Gasteiger partial charge >= 0.3 is 0 Å². The lowest BCUT2D eigenvalue weighted by Crippen LogP contribution is -2.29. The molecule has 0 aromatic heterocycles. The van der Waals surface area contributed by atoms with Gasteiger partial charge in [-0.05, 0) is 38.6 Å². The van der Waals surface area contributed by atoms with Gasteiger partial charge in [-0.15, -0.1) is 0 Å². The van der Waals surface area contributed by atoms with Crippen LogP contribution in [-0.2, 0) is 9.53 Å². The summed E-state index contributed by atoms with van der Waals surface area (Å²) in [5, 5.41) is 6.26. The standard InChI is InChI=1S/C12H24N2O2/c1-16-10-4-2-3-8-13-9-7-12(15)14-11-5-6-11/h11,13H,2-10H2,1H3,(H,14,15). The van der Waals surface area contributed by atoms with Crippen molar-refractivity contribution in [1.82, 2.24) is 10.6 Å². The van der Waals surface area contributed by atoms with Crippen molar-refractivity contribution in [3.8, 4) is 0 Å². The Morgan fingerprint density at radius 3 is 2.75 bits per heavy atom. The summed E-state index contributed by atoms with van der Waals surface area (Å²) in [4.78, 5) is 11.3. The quantitative estimate of drug-likeness (QED) is 0.550. The van der Waals surface area contributed by atoms with Gasteiger partial charge in [-0.1, -0.05) is 0 Å². The lowest BCUT2D eigenvalue weighted by Gasteiger charge is -2.05. The summed E-state index contributed by atoms with van der Waals surface area (Å²) in [6.07, 6.45) is 6.41. The smallest absolute Gasteiger partial charge is 0.221 e. The first kappa shape index (κ1) is 13.5. The van der Waals surface area contributed by atoms with E-state index in [1.807, 2.05) is 0 Å². The van der Waals surface area contributed by atoms with Crippen LogP contribution >= 0.6 is 0 Å². The molecule has 0 spiro atoms. The minimum Gasteiger partial charge on any atom is -0.385 e. The van der Waals surface area contributed by atoms with Gasteiger partial charge in [0.2, 0.25) is 5.91 Å². The zero-order valence-electron chi connectivity index (χ0n) is 10.3. The van der Waals surface area contributed by atoms with Gasteiger partial charge in [0.1, 0.15) is 0 Å². The second kappa shape index (κ2) is 8.53. The van der Waals surface area contributed by atoms with Crippen LogP contribution in [0.1, 0.15) is 38.5 Å². The number of rotatable bonds is 10. The SMILES string of the molecule is COCCCCCNCCC(=O)NC1CC1. The summed E-state index contributed by atoms with van der Waals surface area (Å²) < 4.78 is 4.97. The second-order valence-electron chi connectivity index (χ2n) is 4.40. The van der Waals surface area contributed by atoms with Crippen LogP contribution in [0.15, 0.2) is 0 Å². The fourth-order valence-electron chi connectivity index (χ4n) is 1.53. The van der Waals surface area contributed by atoms with Gasteiger partial charge < -0.3 is 15.4 Å². The molecule has 0 heterocycles. The van der Waals surface area contributed by atoms with E-state index in [0.717, 1.165) is 32.5 Å². The van der Waals surface area contributed by atoms with Crippen molar-refractivity contribution in [2.75, 3.05) is 26.8 Å². The van der Waals surface area contributed by atoms with Crippen LogP contribution in [-0.4, -0.2) is 38.8 Å². The molecule has 0 bridgehead atoms. The molecule has 0 unspecified atom stereocenters. The number of methoxy groups -OCH3 is 1. The van der Waals surface area contributed by atoms with Crippen molar-refractivity contribution in [1.29, 1.82) is 0 Å². The molecule has 1 aliphatic rings. The molecular formula is C12H24N2O2. The van der Waals surface area contributed by atoms with Crippen LogP contribution in [0.4, 0.5) is 0 Å². The summed E-state index contributed by atoms with van der Waals surface area (Å²) >= 11 is 0. The van der Waals surface area contributed by atoms with Crippen molar-refractivity contribution in [3.05, 3.63) is 0 Å². The van der Waals surface area contributed by atoms with E-state index in [-0.39, 0.29) is 5.91 Å². The number of hydrogen-bond acceptors (Lipinski definition) is 3. The van der Waals surface area contributed by atoms with Gasteiger partial charge in [-0.2, -0.15) is 0 Å². The van der Waals surface area contributed by atoms with Gasteiger partial charge in [0, 0.05) is 32.7 Å². The van der Waals surface area contributed by atoms with Crippen molar-refractivity contribution in [3.63, 3.8) is 0 Å². The fourth-order valence-corrected chi connectivity index (χ4v) is 1.53. The Morgan fingerprint density at radius 2 is 2.06 bits per heavy atom. The Hall–Kier alpha value is -0.610. The number of ether oxygens (including phenoxy) is 1. The topological polar surface area (TPSA) is 50.4 Å². The average Bonchev–Trinajstić information content (AvgIpc) is 3.06. The first-order valence-corrected chi connectivity index (χ1v) is 6.32. The molecule has 4 heteroatoms. The molecule has 4 nitrogen and oxygen atoms in total. The maximum absolute atomic E-state index is 11.3. The highest BCUT2D eigenvalue weighted by Crippen LogP contribution is 2.18. The highest BCUT2D eigenvalue weighted by Gasteiger charge is 2.22. The molecular weight excluding hydrogens is 204 g/mol. The third kappa shape index (κ3) is 7.65. The first-order valence-electron chi connectivity index (χ1n) is 6.32. The van der Waals surface area contributed by atoms with Crippen molar-refractivity contribution >= 4 is 5.91 Å². The Bertz CT molecular complexity index is 193. The molecule has 0 aromatic rings. The van der Waals surface area contributed by atoms with Crippen LogP contribution in [0.25, 0.3) is 0 Å². The summed E-state index contributed by atoms with van der Waals surface area (Å²) in [6, 6.07) is 0.488. The molecule has 1 aliphatic carbocycles. The molecule has 0 radical (unpaired) electrons. The molecule has 0 atom stereocenters. The molecule has 1 amide bonds. The number of carbonyl (C=O) groups is 1. The van der Waals surface area contributed by atoms with E-state index in [2.05, 4.69) is 10.6 Å². The summed E-state index contributed by atoms with van der Waals surface area (Å²) in [7, 11) is 1.73. The van der Waals surface area contributed by atoms with E-state index in [0.29, 0.717) is 12.5 Å². The van der Waals surface area contributed by atoms with Crippen LogP contribution in [0, 0.1) is 0 Å². The van der Waals surface area contributed by atoms with Crippen LogP contribution in [0.3, 0.4) is 0 Å². The maximum atomic E-state index is 11.3. The van der Waals surface area contributed by atoms with Gasteiger partial charge in [0.05, 0.1) is 0 Å². The van der Waals surface area contributed by atoms with Crippen molar-refractivity contribution in [2.24, 2.45) is 0 Å². The maximum Gasteiger partial charge on any atom is 0.221 e. The van der Waals surface area contributed by atoms with Crippen molar-refractivity contribution in [2.45, 2.75) is 44.6 Å². The molecule has 1 rings (SSSR count). The van der Waals surface area contributed by atoms with Gasteiger partial charge in [0.15, 0.2) is 0 Å². The van der Waals surface area contributed by atoms with E-state index in [9.17, 15) is 4.79 Å². The van der Waals surface area contributed by atoms with E-state index in [4.69, 9.17) is 4.74 Å². The normalized spacial score (nSPS) is 15.1. The monoisotopic (exact) mass is 228 g/mol. The first-order chi connectivity index (χ1) is 7.83. The summed E-state index contributed by atoms with van der Waals surface area (Å²) in [6.45, 7) is 2.65. The average molecular weight is 228 g/mol.